The van der Waals surface area contributed by atoms with Gasteiger partial charge in [-0.1, -0.05) is 23.7 Å². The van der Waals surface area contributed by atoms with Crippen LogP contribution < -0.4 is 14.6 Å². The van der Waals surface area contributed by atoms with Gasteiger partial charge < -0.3 is 4.74 Å². The lowest BCUT2D eigenvalue weighted by atomic mass is 10.2. The molecule has 2 aromatic rings. The van der Waals surface area contributed by atoms with Crippen molar-refractivity contribution in [3.05, 3.63) is 53.1 Å². The Kier molecular flexibility index (Phi) is 5.51. The van der Waals surface area contributed by atoms with Gasteiger partial charge in [0.05, 0.1) is 21.9 Å². The molecule has 3 N–H and O–H groups in total. The molecule has 0 spiro atoms. The number of hydrogen-bond acceptors (Lipinski definition) is 5. The molecule has 0 unspecified atom stereocenters. The zero-order chi connectivity index (χ0) is 18.0. The van der Waals surface area contributed by atoms with Gasteiger partial charge in [0, 0.05) is 6.54 Å². The Morgan fingerprint density at radius 2 is 1.62 bits per heavy atom. The van der Waals surface area contributed by atoms with Gasteiger partial charge in [-0.2, -0.15) is 0 Å². The van der Waals surface area contributed by atoms with Gasteiger partial charge in [-0.25, -0.2) is 26.7 Å². The Morgan fingerprint density at radius 3 is 2.12 bits per heavy atom. The van der Waals surface area contributed by atoms with E-state index in [1.165, 1.54) is 49.6 Å². The summed E-state index contributed by atoms with van der Waals surface area (Å²) in [6, 6.07) is 9.68. The highest BCUT2D eigenvalue weighted by molar-refractivity contribution is 7.89. The quantitative estimate of drug-likeness (QED) is 0.774. The molecule has 0 aliphatic carbocycles. The van der Waals surface area contributed by atoms with Gasteiger partial charge in [0.1, 0.15) is 5.75 Å². The molecule has 2 aromatic carbocycles. The summed E-state index contributed by atoms with van der Waals surface area (Å²) in [5.74, 6) is 0.370. The Hall–Kier alpha value is -1.65. The first-order valence-electron chi connectivity index (χ1n) is 6.58. The average Bonchev–Trinajstić information content (AvgIpc) is 2.52. The minimum absolute atomic E-state index is 0.00513. The fourth-order valence-electron chi connectivity index (χ4n) is 1.87. The van der Waals surface area contributed by atoms with E-state index in [-0.39, 0.29) is 21.4 Å². The smallest absolute Gasteiger partial charge is 0.240 e. The molecule has 10 heteroatoms. The minimum atomic E-state index is -3.78. The molecule has 0 aromatic heterocycles. The molecule has 0 aliphatic heterocycles. The number of nitrogens with one attached hydrogen (secondary N) is 1. The van der Waals surface area contributed by atoms with Gasteiger partial charge >= 0.3 is 0 Å². The second-order valence-electron chi connectivity index (χ2n) is 4.81. The van der Waals surface area contributed by atoms with Crippen molar-refractivity contribution in [3.8, 4) is 5.75 Å². The molecule has 0 atom stereocenters. The minimum Gasteiger partial charge on any atom is -0.495 e. The van der Waals surface area contributed by atoms with Crippen LogP contribution >= 0.6 is 11.6 Å². The lowest BCUT2D eigenvalue weighted by Crippen LogP contribution is -2.23. The predicted molar refractivity (Wildman–Crippen MR) is 89.8 cm³/mol. The van der Waals surface area contributed by atoms with E-state index in [1.807, 2.05) is 0 Å². The second-order valence-corrected chi connectivity index (χ2v) is 8.55. The molecule has 0 fully saturated rings. The summed E-state index contributed by atoms with van der Waals surface area (Å²) in [7, 11) is -6.13. The topological polar surface area (TPSA) is 116 Å². The van der Waals surface area contributed by atoms with Crippen molar-refractivity contribution in [2.45, 2.75) is 16.3 Å². The van der Waals surface area contributed by atoms with Crippen molar-refractivity contribution >= 4 is 31.6 Å². The van der Waals surface area contributed by atoms with Crippen LogP contribution in [-0.2, 0) is 26.6 Å². The lowest BCUT2D eigenvalue weighted by Gasteiger charge is -2.09. The van der Waals surface area contributed by atoms with E-state index in [0.717, 1.165) is 0 Å². The maximum absolute atomic E-state index is 12.3. The number of methoxy groups -OCH3 is 1. The summed E-state index contributed by atoms with van der Waals surface area (Å²) in [5.41, 5.74) is 0.575. The van der Waals surface area contributed by atoms with Gasteiger partial charge in [0.2, 0.25) is 20.0 Å². The van der Waals surface area contributed by atoms with E-state index in [2.05, 4.69) is 4.72 Å². The van der Waals surface area contributed by atoms with Gasteiger partial charge in [0.25, 0.3) is 0 Å². The van der Waals surface area contributed by atoms with E-state index in [9.17, 15) is 16.8 Å². The van der Waals surface area contributed by atoms with E-state index < -0.39 is 20.0 Å². The van der Waals surface area contributed by atoms with Crippen LogP contribution in [0.5, 0.6) is 5.75 Å². The molecule has 0 heterocycles. The maximum atomic E-state index is 12.3. The van der Waals surface area contributed by atoms with Crippen LogP contribution in [0.1, 0.15) is 5.56 Å². The van der Waals surface area contributed by atoms with Crippen LogP contribution in [0.3, 0.4) is 0 Å². The molecule has 0 aliphatic rings. The molecule has 0 saturated heterocycles. The number of rotatable bonds is 6. The zero-order valence-corrected chi connectivity index (χ0v) is 15.0. The molecular weight excluding hydrogens is 376 g/mol. The van der Waals surface area contributed by atoms with Crippen LogP contribution in [0.4, 0.5) is 0 Å². The lowest BCUT2D eigenvalue weighted by molar-refractivity contribution is 0.414. The van der Waals surface area contributed by atoms with Gasteiger partial charge in [-0.3, -0.25) is 0 Å². The standard InChI is InChI=1S/C14H15ClN2O5S2/c1-22-14-7-6-12(8-13(14)15)24(20,21)17-9-10-2-4-11(5-3-10)23(16,18)19/h2-8,17H,9H2,1H3,(H2,16,18,19). The summed E-state index contributed by atoms with van der Waals surface area (Å²) in [5, 5.41) is 5.18. The molecule has 130 valence electrons. The third kappa shape index (κ3) is 4.46. The number of sulfonamides is 2. The van der Waals surface area contributed by atoms with Crippen LogP contribution in [0.25, 0.3) is 0 Å². The highest BCUT2D eigenvalue weighted by Gasteiger charge is 2.16. The largest absolute Gasteiger partial charge is 0.495 e. The second kappa shape index (κ2) is 7.08. The average molecular weight is 391 g/mol. The van der Waals surface area contributed by atoms with E-state index in [4.69, 9.17) is 21.5 Å². The Labute approximate surface area is 145 Å². The van der Waals surface area contributed by atoms with Crippen LogP contribution in [0.15, 0.2) is 52.3 Å². The highest BCUT2D eigenvalue weighted by atomic mass is 35.5. The summed E-state index contributed by atoms with van der Waals surface area (Å²) < 4.78 is 54.2. The molecule has 0 radical (unpaired) electrons. The number of primary sulfonamides is 1. The number of hydrogen-bond donors (Lipinski definition) is 2. The SMILES string of the molecule is COc1ccc(S(=O)(=O)NCc2ccc(S(N)(=O)=O)cc2)cc1Cl. The highest BCUT2D eigenvalue weighted by Crippen LogP contribution is 2.26. The zero-order valence-electron chi connectivity index (χ0n) is 12.6. The molecule has 24 heavy (non-hydrogen) atoms. The van der Waals surface area contributed by atoms with Crippen molar-refractivity contribution in [3.63, 3.8) is 0 Å². The summed E-state index contributed by atoms with van der Waals surface area (Å²) in [6.07, 6.45) is 0. The van der Waals surface area contributed by atoms with E-state index >= 15 is 0 Å². The van der Waals surface area contributed by atoms with E-state index in [0.29, 0.717) is 11.3 Å². The Morgan fingerprint density at radius 1 is 1.04 bits per heavy atom. The molecule has 2 rings (SSSR count). The van der Waals surface area contributed by atoms with Crippen molar-refractivity contribution in [2.75, 3.05) is 7.11 Å². The third-order valence-electron chi connectivity index (χ3n) is 3.15. The maximum Gasteiger partial charge on any atom is 0.240 e. The molecule has 0 bridgehead atoms. The van der Waals surface area contributed by atoms with Crippen molar-refractivity contribution in [1.29, 1.82) is 0 Å². The third-order valence-corrected chi connectivity index (χ3v) is 5.78. The fourth-order valence-corrected chi connectivity index (χ4v) is 3.75. The van der Waals surface area contributed by atoms with Crippen molar-refractivity contribution < 1.29 is 21.6 Å². The van der Waals surface area contributed by atoms with Crippen LogP contribution in [0, 0.1) is 0 Å². The van der Waals surface area contributed by atoms with Crippen LogP contribution in [-0.4, -0.2) is 23.9 Å². The predicted octanol–water partition coefficient (Wildman–Crippen LogP) is 1.47. The fraction of sp³-hybridized carbons (Fsp3) is 0.143. The molecular formula is C14H15ClN2O5S2. The number of benzene rings is 2. The van der Waals surface area contributed by atoms with Gasteiger partial charge in [-0.15, -0.1) is 0 Å². The molecule has 0 amide bonds. The first kappa shape index (κ1) is 18.7. The van der Waals surface area contributed by atoms with Gasteiger partial charge in [-0.05, 0) is 35.9 Å². The Bertz CT molecular complexity index is 942. The first-order valence-corrected chi connectivity index (χ1v) is 9.99. The normalized spacial score (nSPS) is 12.1. The molecule has 7 nitrogen and oxygen atoms in total. The Balaban J connectivity index is 2.14. The van der Waals surface area contributed by atoms with E-state index in [1.54, 1.807) is 0 Å². The summed E-state index contributed by atoms with van der Waals surface area (Å²) >= 11 is 5.93. The summed E-state index contributed by atoms with van der Waals surface area (Å²) in [4.78, 5) is -0.0505. The number of ether oxygens (including phenoxy) is 1. The van der Waals surface area contributed by atoms with Crippen molar-refractivity contribution in [2.24, 2.45) is 5.14 Å². The molecule has 0 saturated carbocycles. The summed E-state index contributed by atoms with van der Waals surface area (Å²) in [6.45, 7) is -0.0170. The number of halogens is 1. The van der Waals surface area contributed by atoms with Crippen LogP contribution in [0.2, 0.25) is 5.02 Å². The number of nitrogens with two attached hydrogens (primary N) is 1. The van der Waals surface area contributed by atoms with Crippen molar-refractivity contribution in [1.82, 2.24) is 4.72 Å². The van der Waals surface area contributed by atoms with Gasteiger partial charge in [0.15, 0.2) is 0 Å². The monoisotopic (exact) mass is 390 g/mol. The first-order chi connectivity index (χ1) is 11.1.